The molecule has 0 aliphatic rings. The van der Waals surface area contributed by atoms with Gasteiger partial charge in [0.25, 0.3) is 0 Å². The van der Waals surface area contributed by atoms with Gasteiger partial charge in [-0.3, -0.25) is 14.0 Å². The molecule has 0 saturated carbocycles. The molecule has 2 unspecified atom stereocenters. The number of hydrogen-bond acceptors (Lipinski definition) is 6. The van der Waals surface area contributed by atoms with Crippen molar-refractivity contribution in [2.75, 3.05) is 73.3 Å². The van der Waals surface area contributed by atoms with E-state index in [2.05, 4.69) is 21.1 Å². The van der Waals surface area contributed by atoms with Gasteiger partial charge in [-0.05, 0) is 20.3 Å². The van der Waals surface area contributed by atoms with Crippen LogP contribution in [0, 0.1) is 0 Å². The van der Waals surface area contributed by atoms with Crippen LogP contribution in [0.1, 0.15) is 33.6 Å². The Morgan fingerprint density at radius 3 is 2.00 bits per heavy atom. The SMILES string of the molecule is CCCP(=O)(CN(CCC[N+](C)(C)C)CP(=O)(OC)OCC)OCC. The first-order valence-electron chi connectivity index (χ1n) is 9.08. The van der Waals surface area contributed by atoms with Crippen molar-refractivity contribution in [1.29, 1.82) is 0 Å². The third-order valence-electron chi connectivity index (χ3n) is 3.62. The lowest BCUT2D eigenvalue weighted by molar-refractivity contribution is -0.870. The third-order valence-corrected chi connectivity index (χ3v) is 8.27. The molecule has 0 heterocycles. The molecule has 0 fully saturated rings. The summed E-state index contributed by atoms with van der Waals surface area (Å²) in [6.45, 7) is 8.01. The summed E-state index contributed by atoms with van der Waals surface area (Å²) in [5.41, 5.74) is 0. The summed E-state index contributed by atoms with van der Waals surface area (Å²) in [6.07, 6.45) is 2.63. The van der Waals surface area contributed by atoms with Crippen LogP contribution in [-0.4, -0.2) is 82.7 Å². The monoisotopic (exact) mass is 401 g/mol. The van der Waals surface area contributed by atoms with Crippen LogP contribution in [0.3, 0.4) is 0 Å². The Morgan fingerprint density at radius 2 is 1.56 bits per heavy atom. The van der Waals surface area contributed by atoms with Crippen LogP contribution in [0.25, 0.3) is 0 Å². The molecule has 25 heavy (non-hydrogen) atoms. The van der Waals surface area contributed by atoms with Crippen LogP contribution in [0.5, 0.6) is 0 Å². The molecule has 9 heteroatoms. The van der Waals surface area contributed by atoms with Crippen LogP contribution in [-0.2, 0) is 22.7 Å². The first-order valence-corrected chi connectivity index (χ1v) is 12.8. The summed E-state index contributed by atoms with van der Waals surface area (Å²) in [7, 11) is 1.79. The summed E-state index contributed by atoms with van der Waals surface area (Å²) in [5, 5.41) is 0. The Hall–Kier alpha value is 0.260. The van der Waals surface area contributed by atoms with Gasteiger partial charge in [-0.15, -0.1) is 0 Å². The molecule has 0 amide bonds. The zero-order chi connectivity index (χ0) is 19.6. The van der Waals surface area contributed by atoms with Gasteiger partial charge in [0.2, 0.25) is 7.37 Å². The number of hydrogen-bond donors (Lipinski definition) is 0. The highest BCUT2D eigenvalue weighted by molar-refractivity contribution is 7.59. The molecule has 0 aliphatic carbocycles. The minimum absolute atomic E-state index is 0.134. The Morgan fingerprint density at radius 1 is 0.960 bits per heavy atom. The Kier molecular flexibility index (Phi) is 12.0. The van der Waals surface area contributed by atoms with E-state index in [1.165, 1.54) is 7.11 Å². The van der Waals surface area contributed by atoms with E-state index in [9.17, 15) is 9.13 Å². The zero-order valence-corrected chi connectivity index (χ0v) is 19.0. The van der Waals surface area contributed by atoms with Crippen molar-refractivity contribution in [3.05, 3.63) is 0 Å². The molecule has 0 radical (unpaired) electrons. The van der Waals surface area contributed by atoms with Gasteiger partial charge in [-0.2, -0.15) is 0 Å². The third kappa shape index (κ3) is 11.6. The fourth-order valence-electron chi connectivity index (χ4n) is 2.60. The largest absolute Gasteiger partial charge is 0.344 e. The summed E-state index contributed by atoms with van der Waals surface area (Å²) in [5.74, 6) is 0. The molecule has 0 bridgehead atoms. The van der Waals surface area contributed by atoms with Crippen molar-refractivity contribution in [1.82, 2.24) is 4.90 Å². The van der Waals surface area contributed by atoms with Gasteiger partial charge < -0.3 is 18.1 Å². The first kappa shape index (κ1) is 25.3. The molecule has 0 aromatic carbocycles. The van der Waals surface area contributed by atoms with E-state index in [0.29, 0.717) is 25.9 Å². The highest BCUT2D eigenvalue weighted by atomic mass is 31.2. The van der Waals surface area contributed by atoms with Gasteiger partial charge in [-0.1, -0.05) is 6.92 Å². The van der Waals surface area contributed by atoms with Crippen LogP contribution < -0.4 is 0 Å². The summed E-state index contributed by atoms with van der Waals surface area (Å²) in [6, 6.07) is 0. The average molecular weight is 401 g/mol. The Balaban J connectivity index is 5.15. The van der Waals surface area contributed by atoms with Gasteiger partial charge in [0.15, 0.2) is 0 Å². The summed E-state index contributed by atoms with van der Waals surface area (Å²) < 4.78 is 42.7. The van der Waals surface area contributed by atoms with Crippen molar-refractivity contribution in [3.8, 4) is 0 Å². The maximum absolute atomic E-state index is 13.1. The molecule has 0 saturated heterocycles. The van der Waals surface area contributed by atoms with Crippen molar-refractivity contribution >= 4 is 15.0 Å². The maximum Gasteiger partial charge on any atom is 0.344 e. The van der Waals surface area contributed by atoms with E-state index in [1.54, 1.807) is 6.92 Å². The molecule has 7 nitrogen and oxygen atoms in total. The topological polar surface area (TPSA) is 65.1 Å². The van der Waals surface area contributed by atoms with E-state index in [4.69, 9.17) is 13.6 Å². The lowest BCUT2D eigenvalue weighted by Gasteiger charge is -2.31. The van der Waals surface area contributed by atoms with E-state index < -0.39 is 15.0 Å². The molecule has 0 aromatic heterocycles. The lowest BCUT2D eigenvalue weighted by Crippen LogP contribution is -2.38. The van der Waals surface area contributed by atoms with Crippen molar-refractivity contribution in [2.45, 2.75) is 33.6 Å². The summed E-state index contributed by atoms with van der Waals surface area (Å²) >= 11 is 0. The van der Waals surface area contributed by atoms with E-state index in [0.717, 1.165) is 23.9 Å². The molecule has 0 aromatic rings. The number of nitrogens with zero attached hydrogens (tertiary/aromatic N) is 2. The molecule has 0 aliphatic heterocycles. The second kappa shape index (κ2) is 11.9. The number of rotatable bonds is 15. The van der Waals surface area contributed by atoms with Crippen LogP contribution in [0.2, 0.25) is 0 Å². The Labute approximate surface area is 154 Å². The predicted octanol–water partition coefficient (Wildman–Crippen LogP) is 3.90. The van der Waals surface area contributed by atoms with Gasteiger partial charge >= 0.3 is 7.60 Å². The maximum atomic E-state index is 13.1. The Bertz CT molecular complexity index is 444. The van der Waals surface area contributed by atoms with Crippen molar-refractivity contribution < 1.29 is 27.2 Å². The quantitative estimate of drug-likeness (QED) is 0.306. The second-order valence-corrected chi connectivity index (χ2v) is 12.0. The van der Waals surface area contributed by atoms with Crippen molar-refractivity contribution in [3.63, 3.8) is 0 Å². The highest BCUT2D eigenvalue weighted by Gasteiger charge is 2.31. The molecule has 2 atom stereocenters. The molecular formula is C16H39N2O5P2+. The predicted molar refractivity (Wildman–Crippen MR) is 105 cm³/mol. The smallest absolute Gasteiger partial charge is 0.331 e. The second-order valence-electron chi connectivity index (χ2n) is 7.21. The van der Waals surface area contributed by atoms with Crippen LogP contribution in [0.4, 0.5) is 0 Å². The number of quaternary nitrogens is 1. The first-order chi connectivity index (χ1) is 11.5. The van der Waals surface area contributed by atoms with E-state index >= 15 is 0 Å². The lowest BCUT2D eigenvalue weighted by atomic mass is 10.3. The highest BCUT2D eigenvalue weighted by Crippen LogP contribution is 2.52. The zero-order valence-electron chi connectivity index (χ0n) is 17.2. The fraction of sp³-hybridized carbons (Fsp3) is 1.00. The van der Waals surface area contributed by atoms with Crippen LogP contribution >= 0.6 is 15.0 Å². The normalized spacial score (nSPS) is 17.4. The van der Waals surface area contributed by atoms with Gasteiger partial charge in [0.05, 0.1) is 47.2 Å². The summed E-state index contributed by atoms with van der Waals surface area (Å²) in [4.78, 5) is 1.93. The molecule has 0 N–H and O–H groups in total. The molecular weight excluding hydrogens is 362 g/mol. The standard InChI is InChI=1S/C16H39N2O5P2/c1-8-14-24(19,22-9-2)15-17(12-11-13-18(4,5)6)16-25(20,21-7)23-10-3/h8-16H2,1-7H3/q+1. The van der Waals surface area contributed by atoms with Crippen molar-refractivity contribution in [2.24, 2.45) is 0 Å². The molecule has 0 rings (SSSR count). The van der Waals surface area contributed by atoms with Gasteiger partial charge in [0, 0.05) is 26.2 Å². The average Bonchev–Trinajstić information content (AvgIpc) is 2.46. The van der Waals surface area contributed by atoms with Crippen LogP contribution in [0.15, 0.2) is 0 Å². The molecule has 0 spiro atoms. The minimum atomic E-state index is -3.22. The molecule has 152 valence electrons. The van der Waals surface area contributed by atoms with Gasteiger partial charge in [0.1, 0.15) is 6.29 Å². The van der Waals surface area contributed by atoms with E-state index in [1.807, 2.05) is 18.7 Å². The van der Waals surface area contributed by atoms with Gasteiger partial charge in [-0.25, -0.2) is 0 Å². The minimum Gasteiger partial charge on any atom is -0.331 e. The fourth-order valence-corrected chi connectivity index (χ4v) is 6.54. The van der Waals surface area contributed by atoms with E-state index in [-0.39, 0.29) is 12.6 Å².